The molecule has 0 amide bonds. The highest BCUT2D eigenvalue weighted by molar-refractivity contribution is 6.18. The molecule has 6 heteroatoms. The predicted octanol–water partition coefficient (Wildman–Crippen LogP) is 11.7. The van der Waals surface area contributed by atoms with Crippen molar-refractivity contribution in [2.75, 3.05) is 0 Å². The number of nitriles is 2. The Kier molecular flexibility index (Phi) is 5.97. The standard InChI is InChI=1S/C45H23N5O/c1-48-44-36(26-47)28(21-22-40(44)49-37-17-6-2-12-29(37)30-13-3-7-18-38(30)49)33-16-10-11-27(25-46)45(33)50-39-19-8-4-14-31(39)34-23-35-32-15-5-9-20-42(32)51-43(35)24-41(34)50/h2-24H. The van der Waals surface area contributed by atoms with Crippen molar-refractivity contribution in [3.8, 4) is 34.6 Å². The van der Waals surface area contributed by atoms with Crippen LogP contribution in [0.15, 0.2) is 144 Å². The Labute approximate surface area is 291 Å². The Morgan fingerprint density at radius 1 is 0.510 bits per heavy atom. The topological polar surface area (TPSA) is 74.9 Å². The molecule has 234 valence electrons. The summed E-state index contributed by atoms with van der Waals surface area (Å²) in [5.74, 6) is 0. The average molecular weight is 650 g/mol. The Bertz CT molecular complexity index is 3190. The monoisotopic (exact) mass is 649 g/mol. The normalized spacial score (nSPS) is 11.5. The smallest absolute Gasteiger partial charge is 0.228 e. The SMILES string of the molecule is [C-]#[N+]c1c(-n2c3ccccc3c3ccccc32)ccc(-c2cccc(C#N)c2-n2c3ccccc3c3cc4c(cc32)oc2ccccc24)c1C#N. The maximum atomic E-state index is 10.8. The zero-order valence-electron chi connectivity index (χ0n) is 26.9. The molecule has 0 N–H and O–H groups in total. The van der Waals surface area contributed by atoms with Crippen LogP contribution in [0.4, 0.5) is 5.69 Å². The highest BCUT2D eigenvalue weighted by Gasteiger charge is 2.25. The van der Waals surface area contributed by atoms with Crippen LogP contribution in [0.1, 0.15) is 11.1 Å². The van der Waals surface area contributed by atoms with Crippen LogP contribution < -0.4 is 0 Å². The number of nitrogens with zero attached hydrogens (tertiary/aromatic N) is 5. The summed E-state index contributed by atoms with van der Waals surface area (Å²) >= 11 is 0. The minimum absolute atomic E-state index is 0.251. The minimum atomic E-state index is 0.251. The third-order valence-corrected chi connectivity index (χ3v) is 10.0. The third kappa shape index (κ3) is 3.89. The zero-order valence-corrected chi connectivity index (χ0v) is 26.9. The molecule has 3 aromatic heterocycles. The summed E-state index contributed by atoms with van der Waals surface area (Å²) in [6.07, 6.45) is 0. The van der Waals surface area contributed by atoms with E-state index in [1.165, 1.54) is 0 Å². The van der Waals surface area contributed by atoms with Crippen LogP contribution >= 0.6 is 0 Å². The third-order valence-electron chi connectivity index (χ3n) is 10.0. The first-order chi connectivity index (χ1) is 25.2. The molecule has 0 spiro atoms. The van der Waals surface area contributed by atoms with E-state index in [0.717, 1.165) is 65.6 Å². The van der Waals surface area contributed by atoms with E-state index in [0.29, 0.717) is 28.1 Å². The average Bonchev–Trinajstić information content (AvgIpc) is 3.83. The summed E-state index contributed by atoms with van der Waals surface area (Å²) in [5, 5.41) is 27.7. The van der Waals surface area contributed by atoms with Crippen molar-refractivity contribution in [2.24, 2.45) is 0 Å². The molecular weight excluding hydrogens is 627 g/mol. The summed E-state index contributed by atoms with van der Waals surface area (Å²) in [5.41, 5.74) is 8.72. The van der Waals surface area contributed by atoms with Gasteiger partial charge in [0.1, 0.15) is 17.2 Å². The highest BCUT2D eigenvalue weighted by Crippen LogP contribution is 2.45. The van der Waals surface area contributed by atoms with Gasteiger partial charge in [0.05, 0.1) is 57.2 Å². The van der Waals surface area contributed by atoms with E-state index in [4.69, 9.17) is 11.0 Å². The van der Waals surface area contributed by atoms with Gasteiger partial charge in [0, 0.05) is 43.9 Å². The van der Waals surface area contributed by atoms with Crippen LogP contribution in [0.3, 0.4) is 0 Å². The van der Waals surface area contributed by atoms with E-state index in [1.807, 2.05) is 103 Å². The number of rotatable bonds is 3. The molecule has 3 heterocycles. The molecule has 0 fully saturated rings. The van der Waals surface area contributed by atoms with Crippen LogP contribution in [0.25, 0.3) is 92.9 Å². The summed E-state index contributed by atoms with van der Waals surface area (Å²) in [4.78, 5) is 4.01. The van der Waals surface area contributed by atoms with Gasteiger partial charge in [0.15, 0.2) is 0 Å². The number of para-hydroxylation sites is 5. The van der Waals surface area contributed by atoms with Gasteiger partial charge in [0.2, 0.25) is 5.69 Å². The van der Waals surface area contributed by atoms with Crippen LogP contribution in [-0.2, 0) is 0 Å². The van der Waals surface area contributed by atoms with Crippen molar-refractivity contribution in [1.29, 1.82) is 10.5 Å². The lowest BCUT2D eigenvalue weighted by Gasteiger charge is -2.18. The maximum absolute atomic E-state index is 10.8. The van der Waals surface area contributed by atoms with Gasteiger partial charge in [-0.15, -0.1) is 0 Å². The van der Waals surface area contributed by atoms with Gasteiger partial charge in [-0.1, -0.05) is 91.0 Å². The first kappa shape index (κ1) is 28.4. The van der Waals surface area contributed by atoms with E-state index >= 15 is 0 Å². The van der Waals surface area contributed by atoms with Crippen molar-refractivity contribution in [1.82, 2.24) is 9.13 Å². The summed E-state index contributed by atoms with van der Waals surface area (Å²) in [6, 6.07) is 50.8. The molecule has 0 aliphatic rings. The maximum Gasteiger partial charge on any atom is 0.228 e. The molecule has 51 heavy (non-hydrogen) atoms. The van der Waals surface area contributed by atoms with E-state index in [-0.39, 0.29) is 11.3 Å². The van der Waals surface area contributed by atoms with Gasteiger partial charge >= 0.3 is 0 Å². The second-order valence-corrected chi connectivity index (χ2v) is 12.6. The lowest BCUT2D eigenvalue weighted by molar-refractivity contribution is 0.669. The molecule has 0 saturated heterocycles. The Morgan fingerprint density at radius 3 is 1.80 bits per heavy atom. The van der Waals surface area contributed by atoms with Gasteiger partial charge < -0.3 is 13.6 Å². The minimum Gasteiger partial charge on any atom is -0.456 e. The number of hydrogen-bond donors (Lipinski definition) is 0. The first-order valence-electron chi connectivity index (χ1n) is 16.5. The number of benzene rings is 7. The number of aromatic nitrogens is 2. The van der Waals surface area contributed by atoms with Crippen LogP contribution in [-0.4, -0.2) is 9.13 Å². The van der Waals surface area contributed by atoms with E-state index in [9.17, 15) is 10.5 Å². The van der Waals surface area contributed by atoms with Crippen molar-refractivity contribution >= 4 is 71.2 Å². The predicted molar refractivity (Wildman–Crippen MR) is 204 cm³/mol. The molecule has 0 bridgehead atoms. The lowest BCUT2D eigenvalue weighted by Crippen LogP contribution is -2.03. The van der Waals surface area contributed by atoms with Gasteiger partial charge in [-0.3, -0.25) is 0 Å². The number of fused-ring (bicyclic) bond motifs is 9. The fourth-order valence-corrected chi connectivity index (χ4v) is 7.91. The number of hydrogen-bond acceptors (Lipinski definition) is 3. The van der Waals surface area contributed by atoms with Gasteiger partial charge in [-0.05, 0) is 48.0 Å². The molecule has 0 unspecified atom stereocenters. The molecule has 0 atom stereocenters. The van der Waals surface area contributed by atoms with Crippen molar-refractivity contribution < 1.29 is 4.42 Å². The second-order valence-electron chi connectivity index (χ2n) is 12.6. The molecule has 0 aliphatic carbocycles. The molecule has 0 saturated carbocycles. The van der Waals surface area contributed by atoms with Gasteiger partial charge in [-0.2, -0.15) is 10.5 Å². The van der Waals surface area contributed by atoms with Crippen molar-refractivity contribution in [3.05, 3.63) is 162 Å². The fourth-order valence-electron chi connectivity index (χ4n) is 7.91. The van der Waals surface area contributed by atoms with Crippen molar-refractivity contribution in [2.45, 2.75) is 0 Å². The summed E-state index contributed by atoms with van der Waals surface area (Å²) in [6.45, 7) is 8.41. The second kappa shape index (κ2) is 10.7. The van der Waals surface area contributed by atoms with E-state index < -0.39 is 0 Å². The van der Waals surface area contributed by atoms with Crippen LogP contribution in [0.2, 0.25) is 0 Å². The molecule has 7 aromatic carbocycles. The molecule has 10 rings (SSSR count). The summed E-state index contributed by atoms with van der Waals surface area (Å²) in [7, 11) is 0. The lowest BCUT2D eigenvalue weighted by atomic mass is 9.94. The first-order valence-corrected chi connectivity index (χ1v) is 16.5. The highest BCUT2D eigenvalue weighted by atomic mass is 16.3. The molecule has 10 aromatic rings. The molecule has 6 nitrogen and oxygen atoms in total. The Balaban J connectivity index is 1.29. The fraction of sp³-hybridized carbons (Fsp3) is 0. The molecule has 0 radical (unpaired) electrons. The van der Waals surface area contributed by atoms with E-state index in [1.54, 1.807) is 6.07 Å². The number of furan rings is 1. The van der Waals surface area contributed by atoms with Gasteiger partial charge in [-0.25, -0.2) is 4.85 Å². The quantitative estimate of drug-likeness (QED) is 0.179. The molecule has 0 aliphatic heterocycles. The van der Waals surface area contributed by atoms with Crippen LogP contribution in [0.5, 0.6) is 0 Å². The largest absolute Gasteiger partial charge is 0.456 e. The molecular formula is C45H23N5O. The Hall–Kier alpha value is -7.59. The van der Waals surface area contributed by atoms with Gasteiger partial charge in [0.25, 0.3) is 0 Å². The van der Waals surface area contributed by atoms with Crippen LogP contribution in [0, 0.1) is 29.2 Å². The zero-order chi connectivity index (χ0) is 34.2. The van der Waals surface area contributed by atoms with Crippen molar-refractivity contribution in [3.63, 3.8) is 0 Å². The Morgan fingerprint density at radius 2 is 1.14 bits per heavy atom. The van der Waals surface area contributed by atoms with E-state index in [2.05, 4.69) is 56.4 Å². The summed E-state index contributed by atoms with van der Waals surface area (Å²) < 4.78 is 10.5.